The summed E-state index contributed by atoms with van der Waals surface area (Å²) in [5.74, 6) is -62.9. The third-order valence-electron chi connectivity index (χ3n) is 9.32. The third-order valence-corrected chi connectivity index (χ3v) is 13.5. The fourth-order valence-electron chi connectivity index (χ4n) is 5.51. The fourth-order valence-corrected chi connectivity index (χ4v) is 7.60. The predicted molar refractivity (Wildman–Crippen MR) is 244 cm³/mol. The van der Waals surface area contributed by atoms with Crippen molar-refractivity contribution in [3.8, 4) is 70.6 Å². The fraction of sp³-hybridized carbons (Fsp3) is 0. The minimum atomic E-state index is -2.23. The van der Waals surface area contributed by atoms with Gasteiger partial charge in [0.1, 0.15) is 0 Å². The molecule has 84 heavy (non-hydrogen) atoms. The average Bonchev–Trinajstić information content (AvgIpc) is 3.38. The Morgan fingerprint density at radius 1 is 0.155 bits per heavy atom. The molecule has 0 N–H and O–H groups in total. The van der Waals surface area contributed by atoms with E-state index in [0.717, 1.165) is 0 Å². The molecule has 0 aliphatic rings. The molecule has 2 heterocycles. The van der Waals surface area contributed by atoms with E-state index >= 15 is 0 Å². The molecular formula is C42Br6F24N6O6. The summed E-state index contributed by atoms with van der Waals surface area (Å²) >= 11 is 13.3. The second-order valence-corrected chi connectivity index (χ2v) is 19.1. The van der Waals surface area contributed by atoms with Crippen molar-refractivity contribution in [2.75, 3.05) is 0 Å². The zero-order chi connectivity index (χ0) is 62.7. The van der Waals surface area contributed by atoms with E-state index in [1.54, 1.807) is 0 Å². The Hall–Kier alpha value is -6.66. The van der Waals surface area contributed by atoms with Crippen LogP contribution in [0.2, 0.25) is 0 Å². The first-order chi connectivity index (χ1) is 39.1. The van der Waals surface area contributed by atoms with E-state index in [9.17, 15) is 105 Å². The monoisotopic (exact) mass is 1610 g/mol. The number of rotatable bonds is 12. The van der Waals surface area contributed by atoms with Crippen LogP contribution in [0.4, 0.5) is 105 Å². The molecule has 0 saturated carbocycles. The number of nitrogens with zero attached hydrogens (tertiary/aromatic N) is 6. The summed E-state index contributed by atoms with van der Waals surface area (Å²) in [6, 6.07) is -9.55. The molecule has 8 aromatic rings. The molecule has 0 atom stereocenters. The molecule has 0 saturated heterocycles. The number of hydrogen-bond acceptors (Lipinski definition) is 12. The van der Waals surface area contributed by atoms with E-state index in [-0.39, 0.29) is 0 Å². The van der Waals surface area contributed by atoms with Crippen LogP contribution in [0, 0.1) is 140 Å². The summed E-state index contributed by atoms with van der Waals surface area (Å²) in [5, 5.41) is 0. The lowest BCUT2D eigenvalue weighted by atomic mass is 10.3. The molecule has 0 aliphatic heterocycles. The van der Waals surface area contributed by atoms with Gasteiger partial charge in [0.2, 0.25) is 104 Å². The van der Waals surface area contributed by atoms with Gasteiger partial charge >= 0.3 is 36.1 Å². The highest BCUT2D eigenvalue weighted by atomic mass is 79.9. The summed E-state index contributed by atoms with van der Waals surface area (Å²) in [7, 11) is 0. The molecule has 0 amide bonds. The average molecular weight is 1620 g/mol. The standard InChI is InChI=1S/2C21Br3F12N3O3/c2*22-1-4(25)10(31)16(11(32)5(1)26)40-19-37-20(41-17-12(33)6(27)2(23)7(28)13(17)34)39-21(38-19)42-18-14(35)8(29)3(24)9(30)15(18)36. The van der Waals surface area contributed by atoms with Crippen molar-refractivity contribution in [3.05, 3.63) is 166 Å². The Kier molecular flexibility index (Phi) is 19.4. The highest BCUT2D eigenvalue weighted by molar-refractivity contribution is 9.11. The third kappa shape index (κ3) is 12.1. The number of halogens is 30. The van der Waals surface area contributed by atoms with Crippen LogP contribution in [0.3, 0.4) is 0 Å². The van der Waals surface area contributed by atoms with Crippen LogP contribution in [0.15, 0.2) is 26.8 Å². The first-order valence-electron chi connectivity index (χ1n) is 19.8. The number of benzene rings is 6. The second-order valence-electron chi connectivity index (χ2n) is 14.4. The van der Waals surface area contributed by atoms with Crippen molar-refractivity contribution >= 4 is 95.6 Å². The van der Waals surface area contributed by atoms with E-state index in [4.69, 9.17) is 0 Å². The lowest BCUT2D eigenvalue weighted by Gasteiger charge is -2.13. The number of aromatic nitrogens is 6. The van der Waals surface area contributed by atoms with E-state index in [1.165, 1.54) is 0 Å². The van der Waals surface area contributed by atoms with E-state index in [0.29, 0.717) is 0 Å². The molecule has 8 rings (SSSR count). The van der Waals surface area contributed by atoms with Crippen molar-refractivity contribution in [2.45, 2.75) is 0 Å². The molecule has 0 aliphatic carbocycles. The van der Waals surface area contributed by atoms with Crippen LogP contribution in [0.5, 0.6) is 70.6 Å². The first-order valence-corrected chi connectivity index (χ1v) is 24.6. The Balaban J connectivity index is 0.000000241. The van der Waals surface area contributed by atoms with Crippen molar-refractivity contribution in [3.63, 3.8) is 0 Å². The summed E-state index contributed by atoms with van der Waals surface area (Å²) in [6.45, 7) is 0. The van der Waals surface area contributed by atoms with Crippen molar-refractivity contribution < 1.29 is 134 Å². The predicted octanol–water partition coefficient (Wildman–Crippen LogP) is 18.4. The maximum atomic E-state index is 14.3. The molecule has 2 aromatic heterocycles. The Bertz CT molecular complexity index is 3250. The van der Waals surface area contributed by atoms with Gasteiger partial charge in [0.05, 0.1) is 26.8 Å². The minimum absolute atomic E-state index is 1.33. The summed E-state index contributed by atoms with van der Waals surface area (Å²) in [4.78, 5) is 18.7. The zero-order valence-corrected chi connectivity index (χ0v) is 47.0. The lowest BCUT2D eigenvalue weighted by Crippen LogP contribution is -2.08. The summed E-state index contributed by atoms with van der Waals surface area (Å²) in [5.41, 5.74) is 0. The van der Waals surface area contributed by atoms with Gasteiger partial charge in [-0.1, -0.05) is 0 Å². The second kappa shape index (κ2) is 25.1. The zero-order valence-electron chi connectivity index (χ0n) is 37.5. The molecule has 6 aromatic carbocycles. The van der Waals surface area contributed by atoms with Gasteiger partial charge in [-0.2, -0.15) is 52.7 Å². The van der Waals surface area contributed by atoms with Gasteiger partial charge in [-0.3, -0.25) is 0 Å². The minimum Gasteiger partial charge on any atom is -0.418 e. The Labute approximate surface area is 493 Å². The van der Waals surface area contributed by atoms with E-state index in [1.807, 2.05) is 0 Å². The van der Waals surface area contributed by atoms with Gasteiger partial charge in [-0.25, -0.2) is 52.7 Å². The molecule has 12 nitrogen and oxygen atoms in total. The highest BCUT2D eigenvalue weighted by Crippen LogP contribution is 2.43. The molecule has 0 radical (unpaired) electrons. The maximum Gasteiger partial charge on any atom is 0.331 e. The van der Waals surface area contributed by atoms with Crippen LogP contribution in [-0.4, -0.2) is 29.9 Å². The van der Waals surface area contributed by atoms with Crippen molar-refractivity contribution in [1.82, 2.24) is 29.9 Å². The van der Waals surface area contributed by atoms with Gasteiger partial charge in [0.25, 0.3) is 0 Å². The Morgan fingerprint density at radius 2 is 0.238 bits per heavy atom. The molecule has 42 heteroatoms. The van der Waals surface area contributed by atoms with Gasteiger partial charge in [0.15, 0.2) is 69.8 Å². The van der Waals surface area contributed by atoms with Crippen LogP contribution in [0.1, 0.15) is 0 Å². The van der Waals surface area contributed by atoms with Crippen molar-refractivity contribution in [1.29, 1.82) is 0 Å². The smallest absolute Gasteiger partial charge is 0.331 e. The molecular weight excluding hydrogens is 1620 g/mol. The number of hydrogen-bond donors (Lipinski definition) is 0. The number of ether oxygens (including phenoxy) is 6. The molecule has 0 spiro atoms. The van der Waals surface area contributed by atoms with Crippen LogP contribution in [-0.2, 0) is 0 Å². The SMILES string of the molecule is Fc1c(F)c(Oc2nc(Oc3c(F)c(F)c(Br)c(F)c3F)nc(Oc3c(F)c(F)c(Br)c(F)c3F)n2)c(F)c(F)c1Br.Fc1c(F)c(Oc2nc(Oc3c(F)c(F)c(Br)c(F)c3F)nc(Oc3c(F)c(F)c(Br)c(F)c3F)n2)c(F)c(F)c1Br. The molecule has 0 fully saturated rings. The topological polar surface area (TPSA) is 133 Å². The van der Waals surface area contributed by atoms with Crippen LogP contribution < -0.4 is 28.4 Å². The summed E-state index contributed by atoms with van der Waals surface area (Å²) in [6.07, 6.45) is 0. The summed E-state index contributed by atoms with van der Waals surface area (Å²) < 4.78 is 358. The van der Waals surface area contributed by atoms with Crippen LogP contribution >= 0.6 is 95.6 Å². The highest BCUT2D eigenvalue weighted by Gasteiger charge is 2.35. The lowest BCUT2D eigenvalue weighted by molar-refractivity contribution is 0.303. The first kappa shape index (κ1) is 64.9. The normalized spacial score (nSPS) is 11.2. The quantitative estimate of drug-likeness (QED) is 0.0655. The van der Waals surface area contributed by atoms with Crippen molar-refractivity contribution in [2.24, 2.45) is 0 Å². The van der Waals surface area contributed by atoms with E-state index in [2.05, 4.69) is 154 Å². The van der Waals surface area contributed by atoms with Gasteiger partial charge in [-0.05, 0) is 95.6 Å². The van der Waals surface area contributed by atoms with Gasteiger partial charge < -0.3 is 28.4 Å². The maximum absolute atomic E-state index is 14.3. The van der Waals surface area contributed by atoms with Gasteiger partial charge in [0, 0.05) is 0 Å². The van der Waals surface area contributed by atoms with Crippen LogP contribution in [0.25, 0.3) is 0 Å². The molecule has 0 bridgehead atoms. The van der Waals surface area contributed by atoms with Gasteiger partial charge in [-0.15, -0.1) is 29.9 Å². The Morgan fingerprint density at radius 3 is 0.321 bits per heavy atom. The largest absolute Gasteiger partial charge is 0.418 e. The molecule has 0 unspecified atom stereocenters. The molecule has 444 valence electrons. The van der Waals surface area contributed by atoms with E-state index < -0.39 is 237 Å².